The molecular formula is C15H15N3. The third kappa shape index (κ3) is 2.30. The maximum atomic E-state index is 5.93. The number of hydrogen-bond acceptors (Lipinski definition) is 3. The summed E-state index contributed by atoms with van der Waals surface area (Å²) in [6.07, 6.45) is 5.33. The number of benzene rings is 1. The Labute approximate surface area is 106 Å². The fourth-order valence-corrected chi connectivity index (χ4v) is 1.76. The van der Waals surface area contributed by atoms with Crippen molar-refractivity contribution < 1.29 is 0 Å². The lowest BCUT2D eigenvalue weighted by Gasteiger charge is -2.04. The molecule has 1 aromatic heterocycles. The van der Waals surface area contributed by atoms with Crippen LogP contribution in [0.5, 0.6) is 0 Å². The van der Waals surface area contributed by atoms with Gasteiger partial charge in [-0.1, -0.05) is 30.9 Å². The Morgan fingerprint density at radius 3 is 2.89 bits per heavy atom. The van der Waals surface area contributed by atoms with Gasteiger partial charge in [0.2, 0.25) is 0 Å². The van der Waals surface area contributed by atoms with E-state index in [9.17, 15) is 0 Å². The van der Waals surface area contributed by atoms with E-state index >= 15 is 0 Å². The first kappa shape index (κ1) is 12.0. The highest BCUT2D eigenvalue weighted by Crippen LogP contribution is 2.19. The van der Waals surface area contributed by atoms with Crippen molar-refractivity contribution in [2.45, 2.75) is 6.92 Å². The van der Waals surface area contributed by atoms with Gasteiger partial charge >= 0.3 is 0 Å². The van der Waals surface area contributed by atoms with Gasteiger partial charge in [0.1, 0.15) is 0 Å². The third-order valence-electron chi connectivity index (χ3n) is 2.57. The number of allylic oxidation sites excluding steroid dienone is 2. The van der Waals surface area contributed by atoms with Gasteiger partial charge in [0.15, 0.2) is 0 Å². The monoisotopic (exact) mass is 237 g/mol. The predicted octanol–water partition coefficient (Wildman–Crippen LogP) is 3.33. The molecule has 0 radical (unpaired) electrons. The summed E-state index contributed by atoms with van der Waals surface area (Å²) in [7, 11) is 0. The lowest BCUT2D eigenvalue weighted by Crippen LogP contribution is -2.01. The number of para-hydroxylation sites is 1. The number of nitrogen functional groups attached to an aromatic ring is 1. The molecule has 90 valence electrons. The second-order valence-corrected chi connectivity index (χ2v) is 3.81. The summed E-state index contributed by atoms with van der Waals surface area (Å²) in [5, 5.41) is 1.03. The van der Waals surface area contributed by atoms with Crippen LogP contribution in [0.25, 0.3) is 10.9 Å². The molecule has 1 aromatic carbocycles. The van der Waals surface area contributed by atoms with Crippen molar-refractivity contribution >= 4 is 22.3 Å². The average Bonchev–Trinajstić information content (AvgIpc) is 2.39. The standard InChI is InChI=1S/C15H15N3/c1-3-6-13(17-4-2)14-10-9-11-7-5-8-12(16)15(11)18-14/h3-10H,2,16H2,1H3/b6-3-,17-13?. The molecule has 0 atom stereocenters. The maximum absolute atomic E-state index is 5.93. The van der Waals surface area contributed by atoms with Gasteiger partial charge in [-0.05, 0) is 25.1 Å². The van der Waals surface area contributed by atoms with Crippen molar-refractivity contribution in [2.75, 3.05) is 5.73 Å². The van der Waals surface area contributed by atoms with Crippen LogP contribution in [0.4, 0.5) is 5.69 Å². The van der Waals surface area contributed by atoms with E-state index in [-0.39, 0.29) is 0 Å². The van der Waals surface area contributed by atoms with Crippen LogP contribution in [0.2, 0.25) is 0 Å². The number of rotatable bonds is 3. The minimum Gasteiger partial charge on any atom is -0.397 e. The summed E-state index contributed by atoms with van der Waals surface area (Å²) in [5.74, 6) is 0. The van der Waals surface area contributed by atoms with E-state index in [0.29, 0.717) is 5.69 Å². The van der Waals surface area contributed by atoms with Crippen molar-refractivity contribution in [2.24, 2.45) is 4.99 Å². The molecule has 0 amide bonds. The van der Waals surface area contributed by atoms with Crippen LogP contribution >= 0.6 is 0 Å². The molecule has 2 rings (SSSR count). The van der Waals surface area contributed by atoms with Gasteiger partial charge in [0.05, 0.1) is 22.6 Å². The SMILES string of the molecule is C=CN=C(/C=C\C)c1ccc2cccc(N)c2n1. The molecule has 18 heavy (non-hydrogen) atoms. The molecule has 0 aliphatic heterocycles. The Morgan fingerprint density at radius 1 is 1.33 bits per heavy atom. The Morgan fingerprint density at radius 2 is 2.17 bits per heavy atom. The second-order valence-electron chi connectivity index (χ2n) is 3.81. The van der Waals surface area contributed by atoms with Crippen LogP contribution in [0.1, 0.15) is 12.6 Å². The molecule has 0 saturated heterocycles. The highest BCUT2D eigenvalue weighted by Gasteiger charge is 2.04. The Bertz CT molecular complexity index is 639. The van der Waals surface area contributed by atoms with Gasteiger partial charge in [0.25, 0.3) is 0 Å². The molecular weight excluding hydrogens is 222 g/mol. The molecule has 0 spiro atoms. The van der Waals surface area contributed by atoms with Crippen molar-refractivity contribution in [1.82, 2.24) is 4.98 Å². The van der Waals surface area contributed by atoms with Gasteiger partial charge in [-0.2, -0.15) is 0 Å². The average molecular weight is 237 g/mol. The minimum absolute atomic E-state index is 0.674. The molecule has 0 aliphatic carbocycles. The molecule has 2 N–H and O–H groups in total. The summed E-state index contributed by atoms with van der Waals surface area (Å²) < 4.78 is 0. The highest BCUT2D eigenvalue weighted by molar-refractivity contribution is 6.09. The largest absolute Gasteiger partial charge is 0.397 e. The zero-order valence-electron chi connectivity index (χ0n) is 10.3. The van der Waals surface area contributed by atoms with Crippen LogP contribution in [0, 0.1) is 0 Å². The highest BCUT2D eigenvalue weighted by atomic mass is 14.8. The van der Waals surface area contributed by atoms with Crippen LogP contribution in [-0.2, 0) is 0 Å². The van der Waals surface area contributed by atoms with E-state index < -0.39 is 0 Å². The first-order chi connectivity index (χ1) is 8.76. The van der Waals surface area contributed by atoms with E-state index in [4.69, 9.17) is 5.73 Å². The van der Waals surface area contributed by atoms with Gasteiger partial charge in [-0.3, -0.25) is 4.99 Å². The predicted molar refractivity (Wildman–Crippen MR) is 77.7 cm³/mol. The van der Waals surface area contributed by atoms with Crippen molar-refractivity contribution in [1.29, 1.82) is 0 Å². The van der Waals surface area contributed by atoms with Gasteiger partial charge < -0.3 is 5.73 Å². The summed E-state index contributed by atoms with van der Waals surface area (Å²) in [5.41, 5.74) is 8.97. The fourth-order valence-electron chi connectivity index (χ4n) is 1.76. The number of anilines is 1. The lowest BCUT2D eigenvalue weighted by molar-refractivity contribution is 1.35. The van der Waals surface area contributed by atoms with E-state index in [0.717, 1.165) is 22.3 Å². The fraction of sp³-hybridized carbons (Fsp3) is 0.0667. The van der Waals surface area contributed by atoms with Crippen molar-refractivity contribution in [3.05, 3.63) is 61.0 Å². The summed E-state index contributed by atoms with van der Waals surface area (Å²) >= 11 is 0. The zero-order valence-corrected chi connectivity index (χ0v) is 10.3. The molecule has 2 aromatic rings. The summed E-state index contributed by atoms with van der Waals surface area (Å²) in [6.45, 7) is 5.55. The molecule has 0 fully saturated rings. The first-order valence-electron chi connectivity index (χ1n) is 5.73. The van der Waals surface area contributed by atoms with E-state index in [1.807, 2.05) is 49.4 Å². The smallest absolute Gasteiger partial charge is 0.0939 e. The molecule has 3 heteroatoms. The number of aliphatic imine (C=N–C) groups is 1. The topological polar surface area (TPSA) is 51.3 Å². The normalized spacial score (nSPS) is 12.2. The van der Waals surface area contributed by atoms with Gasteiger partial charge in [0, 0.05) is 11.6 Å². The number of aromatic nitrogens is 1. The minimum atomic E-state index is 0.674. The van der Waals surface area contributed by atoms with Crippen molar-refractivity contribution in [3.8, 4) is 0 Å². The Kier molecular flexibility index (Phi) is 3.53. The van der Waals surface area contributed by atoms with E-state index in [1.165, 1.54) is 6.20 Å². The Hall–Kier alpha value is -2.42. The lowest BCUT2D eigenvalue weighted by atomic mass is 10.1. The molecule has 1 heterocycles. The maximum Gasteiger partial charge on any atom is 0.0939 e. The number of hydrogen-bond donors (Lipinski definition) is 1. The van der Waals surface area contributed by atoms with Crippen LogP contribution < -0.4 is 5.73 Å². The van der Waals surface area contributed by atoms with Crippen LogP contribution in [0.15, 0.2) is 60.3 Å². The van der Waals surface area contributed by atoms with E-state index in [1.54, 1.807) is 0 Å². The third-order valence-corrected chi connectivity index (χ3v) is 2.57. The van der Waals surface area contributed by atoms with E-state index in [2.05, 4.69) is 16.6 Å². The molecule has 0 unspecified atom stereocenters. The molecule has 0 aliphatic rings. The number of nitrogens with two attached hydrogens (primary N) is 1. The number of fused-ring (bicyclic) bond motifs is 1. The van der Waals surface area contributed by atoms with Gasteiger partial charge in [-0.25, -0.2) is 4.98 Å². The summed E-state index contributed by atoms with van der Waals surface area (Å²) in [4.78, 5) is 8.77. The first-order valence-corrected chi connectivity index (χ1v) is 5.73. The Balaban J connectivity index is 2.62. The molecule has 0 saturated carbocycles. The quantitative estimate of drug-likeness (QED) is 0.657. The number of pyridine rings is 1. The second kappa shape index (κ2) is 5.27. The summed E-state index contributed by atoms with van der Waals surface area (Å²) in [6, 6.07) is 9.69. The van der Waals surface area contributed by atoms with Gasteiger partial charge in [-0.15, -0.1) is 0 Å². The molecule has 3 nitrogen and oxygen atoms in total. The number of nitrogens with zero attached hydrogens (tertiary/aromatic N) is 2. The van der Waals surface area contributed by atoms with Crippen molar-refractivity contribution in [3.63, 3.8) is 0 Å². The zero-order chi connectivity index (χ0) is 13.0. The molecule has 0 bridgehead atoms. The van der Waals surface area contributed by atoms with Crippen LogP contribution in [0.3, 0.4) is 0 Å². The van der Waals surface area contributed by atoms with Crippen LogP contribution in [-0.4, -0.2) is 10.7 Å².